The number of hydrogen-bond donors (Lipinski definition) is 2. The fourth-order valence-corrected chi connectivity index (χ4v) is 1.73. The maximum absolute atomic E-state index is 11.8. The highest BCUT2D eigenvalue weighted by atomic mass is 35.5. The van der Waals surface area contributed by atoms with Crippen molar-refractivity contribution in [2.24, 2.45) is 5.92 Å². The molecule has 1 fully saturated rings. The van der Waals surface area contributed by atoms with Crippen LogP contribution in [0.5, 0.6) is 0 Å². The third-order valence-corrected chi connectivity index (χ3v) is 2.71. The predicted octanol–water partition coefficient (Wildman–Crippen LogP) is 1.78. The summed E-state index contributed by atoms with van der Waals surface area (Å²) in [5.74, 6) is 0.215. The highest BCUT2D eigenvalue weighted by Gasteiger charge is 2.22. The quantitative estimate of drug-likeness (QED) is 0.867. The summed E-state index contributed by atoms with van der Waals surface area (Å²) in [6.45, 7) is 3.67. The van der Waals surface area contributed by atoms with Gasteiger partial charge < -0.3 is 10.6 Å². The van der Waals surface area contributed by atoms with Gasteiger partial charge in [-0.3, -0.25) is 9.78 Å². The van der Waals surface area contributed by atoms with Crippen LogP contribution in [-0.2, 0) is 4.79 Å². The third kappa shape index (κ3) is 4.15. The summed E-state index contributed by atoms with van der Waals surface area (Å²) in [7, 11) is 0. The van der Waals surface area contributed by atoms with Gasteiger partial charge in [-0.1, -0.05) is 0 Å². The van der Waals surface area contributed by atoms with Crippen molar-refractivity contribution >= 4 is 36.4 Å². The zero-order valence-electron chi connectivity index (χ0n) is 9.60. The van der Waals surface area contributed by atoms with Crippen molar-refractivity contribution in [3.8, 4) is 0 Å². The summed E-state index contributed by atoms with van der Waals surface area (Å²) in [5, 5.41) is 6.11. The molecule has 1 aromatic heterocycles. The number of carbonyl (C=O) groups excluding carboxylic acids is 1. The average Bonchev–Trinajstić information content (AvgIpc) is 2.74. The number of carbonyl (C=O) groups is 1. The van der Waals surface area contributed by atoms with Gasteiger partial charge in [-0.15, -0.1) is 24.8 Å². The molecule has 17 heavy (non-hydrogen) atoms. The first kappa shape index (κ1) is 16.2. The molecule has 1 amide bonds. The second-order valence-electron chi connectivity index (χ2n) is 3.87. The van der Waals surface area contributed by atoms with Crippen LogP contribution in [0.1, 0.15) is 12.0 Å². The molecule has 0 saturated carbocycles. The van der Waals surface area contributed by atoms with Crippen molar-refractivity contribution in [2.45, 2.75) is 13.3 Å². The summed E-state index contributed by atoms with van der Waals surface area (Å²) in [6.07, 6.45) is 4.37. The number of amides is 1. The molecule has 0 bridgehead atoms. The Balaban J connectivity index is 0.00000128. The van der Waals surface area contributed by atoms with Gasteiger partial charge in [0.25, 0.3) is 0 Å². The first-order chi connectivity index (χ1) is 7.27. The van der Waals surface area contributed by atoms with E-state index >= 15 is 0 Å². The maximum atomic E-state index is 11.8. The van der Waals surface area contributed by atoms with Crippen molar-refractivity contribution in [3.63, 3.8) is 0 Å². The Morgan fingerprint density at radius 2 is 2.29 bits per heavy atom. The van der Waals surface area contributed by atoms with Gasteiger partial charge in [0.2, 0.25) is 5.91 Å². The molecular weight excluding hydrogens is 261 g/mol. The van der Waals surface area contributed by atoms with E-state index in [9.17, 15) is 4.79 Å². The van der Waals surface area contributed by atoms with Crippen LogP contribution in [0.25, 0.3) is 0 Å². The number of nitrogens with one attached hydrogen (secondary N) is 2. The lowest BCUT2D eigenvalue weighted by atomic mass is 10.1. The van der Waals surface area contributed by atoms with E-state index in [2.05, 4.69) is 15.6 Å². The molecule has 0 aliphatic carbocycles. The molecule has 0 aromatic carbocycles. The molecule has 0 radical (unpaired) electrons. The molecule has 0 spiro atoms. The van der Waals surface area contributed by atoms with E-state index in [1.807, 2.05) is 13.0 Å². The van der Waals surface area contributed by atoms with Gasteiger partial charge in [-0.2, -0.15) is 0 Å². The van der Waals surface area contributed by atoms with Crippen LogP contribution in [-0.4, -0.2) is 24.0 Å². The zero-order valence-corrected chi connectivity index (χ0v) is 11.2. The van der Waals surface area contributed by atoms with E-state index in [1.54, 1.807) is 12.4 Å². The summed E-state index contributed by atoms with van der Waals surface area (Å²) in [6, 6.07) is 1.83. The SMILES string of the molecule is Cc1cnccc1NC(=O)C1CCNC1.Cl.Cl. The summed E-state index contributed by atoms with van der Waals surface area (Å²) < 4.78 is 0. The number of pyridine rings is 1. The van der Waals surface area contributed by atoms with Gasteiger partial charge in [-0.25, -0.2) is 0 Å². The third-order valence-electron chi connectivity index (χ3n) is 2.71. The lowest BCUT2D eigenvalue weighted by Crippen LogP contribution is -2.24. The lowest BCUT2D eigenvalue weighted by Gasteiger charge is -2.11. The molecule has 1 atom stereocenters. The molecule has 2 N–H and O–H groups in total. The minimum atomic E-state index is 0. The van der Waals surface area contributed by atoms with Crippen LogP contribution in [0.3, 0.4) is 0 Å². The minimum Gasteiger partial charge on any atom is -0.325 e. The van der Waals surface area contributed by atoms with Crippen molar-refractivity contribution < 1.29 is 4.79 Å². The molecule has 1 aromatic rings. The lowest BCUT2D eigenvalue weighted by molar-refractivity contribution is -0.119. The Bertz CT molecular complexity index is 367. The Labute approximate surface area is 113 Å². The molecule has 1 unspecified atom stereocenters. The first-order valence-electron chi connectivity index (χ1n) is 5.19. The number of rotatable bonds is 2. The van der Waals surface area contributed by atoms with Gasteiger partial charge in [0.1, 0.15) is 0 Å². The van der Waals surface area contributed by atoms with Gasteiger partial charge >= 0.3 is 0 Å². The van der Waals surface area contributed by atoms with E-state index in [0.29, 0.717) is 0 Å². The van der Waals surface area contributed by atoms with Crippen LogP contribution in [0.15, 0.2) is 18.5 Å². The van der Waals surface area contributed by atoms with Crippen LogP contribution in [0.4, 0.5) is 5.69 Å². The molecular formula is C11H17Cl2N3O. The van der Waals surface area contributed by atoms with E-state index in [0.717, 1.165) is 30.8 Å². The van der Waals surface area contributed by atoms with E-state index in [4.69, 9.17) is 0 Å². The van der Waals surface area contributed by atoms with Crippen molar-refractivity contribution in [1.29, 1.82) is 0 Å². The first-order valence-corrected chi connectivity index (χ1v) is 5.19. The van der Waals surface area contributed by atoms with Gasteiger partial charge in [-0.05, 0) is 31.5 Å². The second-order valence-corrected chi connectivity index (χ2v) is 3.87. The average molecular weight is 278 g/mol. The fourth-order valence-electron chi connectivity index (χ4n) is 1.73. The molecule has 4 nitrogen and oxygen atoms in total. The van der Waals surface area contributed by atoms with Crippen molar-refractivity contribution in [2.75, 3.05) is 18.4 Å². The molecule has 2 heterocycles. The number of nitrogens with zero attached hydrogens (tertiary/aromatic N) is 1. The van der Waals surface area contributed by atoms with E-state index in [-0.39, 0.29) is 36.6 Å². The molecule has 1 saturated heterocycles. The standard InChI is InChI=1S/C11H15N3O.2ClH/c1-8-6-12-5-3-10(8)14-11(15)9-2-4-13-7-9;;/h3,5-6,9,13H,2,4,7H2,1H3,(H,12,14,15);2*1H. The molecule has 1 aliphatic rings. The molecule has 1 aliphatic heterocycles. The van der Waals surface area contributed by atoms with Crippen molar-refractivity contribution in [1.82, 2.24) is 10.3 Å². The summed E-state index contributed by atoms with van der Waals surface area (Å²) in [4.78, 5) is 15.8. The summed E-state index contributed by atoms with van der Waals surface area (Å²) >= 11 is 0. The normalized spacial score (nSPS) is 17.8. The number of aromatic nitrogens is 1. The minimum absolute atomic E-state index is 0. The Kier molecular flexibility index (Phi) is 7.11. The second kappa shape index (κ2) is 7.48. The van der Waals surface area contributed by atoms with Gasteiger partial charge in [0.15, 0.2) is 0 Å². The van der Waals surface area contributed by atoms with Crippen LogP contribution in [0.2, 0.25) is 0 Å². The van der Waals surface area contributed by atoms with Gasteiger partial charge in [0.05, 0.1) is 5.92 Å². The summed E-state index contributed by atoms with van der Waals surface area (Å²) in [5.41, 5.74) is 1.86. The fraction of sp³-hybridized carbons (Fsp3) is 0.455. The number of halogens is 2. The monoisotopic (exact) mass is 277 g/mol. The number of anilines is 1. The highest BCUT2D eigenvalue weighted by molar-refractivity contribution is 5.93. The Hall–Kier alpha value is -0.840. The highest BCUT2D eigenvalue weighted by Crippen LogP contribution is 2.15. The predicted molar refractivity (Wildman–Crippen MR) is 73.1 cm³/mol. The molecule has 2 rings (SSSR count). The maximum Gasteiger partial charge on any atom is 0.228 e. The van der Waals surface area contributed by atoms with E-state index in [1.165, 1.54) is 0 Å². The number of aryl methyl sites for hydroxylation is 1. The zero-order chi connectivity index (χ0) is 10.7. The van der Waals surface area contributed by atoms with E-state index < -0.39 is 0 Å². The smallest absolute Gasteiger partial charge is 0.228 e. The van der Waals surface area contributed by atoms with Crippen molar-refractivity contribution in [3.05, 3.63) is 24.0 Å². The number of hydrogen-bond acceptors (Lipinski definition) is 3. The van der Waals surface area contributed by atoms with Crippen LogP contribution >= 0.6 is 24.8 Å². The topological polar surface area (TPSA) is 54.0 Å². The Morgan fingerprint density at radius 1 is 1.53 bits per heavy atom. The molecule has 96 valence electrons. The van der Waals surface area contributed by atoms with Gasteiger partial charge in [0, 0.05) is 24.6 Å². The van der Waals surface area contributed by atoms with Crippen LogP contribution < -0.4 is 10.6 Å². The Morgan fingerprint density at radius 3 is 2.88 bits per heavy atom. The van der Waals surface area contributed by atoms with Crippen LogP contribution in [0, 0.1) is 12.8 Å². The largest absolute Gasteiger partial charge is 0.325 e. The molecule has 6 heteroatoms.